The zero-order chi connectivity index (χ0) is 26.9. The van der Waals surface area contributed by atoms with Gasteiger partial charge in [0.1, 0.15) is 6.54 Å². The van der Waals surface area contributed by atoms with E-state index in [0.29, 0.717) is 17.1 Å². The first kappa shape index (κ1) is 25.2. The Labute approximate surface area is 237 Å². The lowest BCUT2D eigenvalue weighted by Gasteiger charge is -2.40. The molecule has 3 aromatic carbocycles. The number of anilines is 1. The highest BCUT2D eigenvalue weighted by molar-refractivity contribution is 8.00. The molecular weight excluding hydrogens is 521 g/mol. The molecule has 5 atom stereocenters. The standard InChI is InChI=1S/C33H34N2O2S2/c1-33(2,3)24-13-10-20(11-14-24)27-28-22-8-9-23(16-22)29(28)38-31-30(27)39-32(37)35(31)18-26(36)34-25-15-12-19-6-4-5-7-21(19)17-25/h4-7,10-15,17,22-23,27-29H,8-9,16,18H2,1-3H3,(H,34,36)/t22-,23-,27-,28-,29+/m0/s1. The van der Waals surface area contributed by atoms with Crippen LogP contribution in [0.1, 0.15) is 62.0 Å². The number of nitrogens with zero attached hydrogens (tertiary/aromatic N) is 1. The van der Waals surface area contributed by atoms with Crippen LogP contribution in [0.15, 0.2) is 76.6 Å². The van der Waals surface area contributed by atoms with Crippen molar-refractivity contribution in [3.8, 4) is 0 Å². The summed E-state index contributed by atoms with van der Waals surface area (Å²) in [7, 11) is 0. The van der Waals surface area contributed by atoms with Gasteiger partial charge in [0.2, 0.25) is 5.91 Å². The van der Waals surface area contributed by atoms with E-state index in [9.17, 15) is 9.59 Å². The van der Waals surface area contributed by atoms with Gasteiger partial charge in [0.05, 0.1) is 5.03 Å². The van der Waals surface area contributed by atoms with Gasteiger partial charge in [-0.15, -0.1) is 11.8 Å². The van der Waals surface area contributed by atoms with Crippen LogP contribution in [-0.4, -0.2) is 15.7 Å². The van der Waals surface area contributed by atoms with Crippen LogP contribution in [0.2, 0.25) is 0 Å². The summed E-state index contributed by atoms with van der Waals surface area (Å²) >= 11 is 3.25. The van der Waals surface area contributed by atoms with E-state index >= 15 is 0 Å². The van der Waals surface area contributed by atoms with Gasteiger partial charge in [-0.1, -0.05) is 86.7 Å². The highest BCUT2D eigenvalue weighted by Crippen LogP contribution is 2.64. The Kier molecular flexibility index (Phi) is 6.05. The summed E-state index contributed by atoms with van der Waals surface area (Å²) in [6.45, 7) is 6.79. The fourth-order valence-corrected chi connectivity index (χ4v) is 10.4. The molecule has 0 spiro atoms. The molecule has 200 valence electrons. The Morgan fingerprint density at radius 3 is 2.49 bits per heavy atom. The van der Waals surface area contributed by atoms with E-state index < -0.39 is 0 Å². The minimum atomic E-state index is -0.158. The Morgan fingerprint density at radius 2 is 1.72 bits per heavy atom. The molecule has 1 N–H and O–H groups in total. The Hall–Kier alpha value is -2.83. The molecule has 1 aromatic heterocycles. The molecule has 1 aliphatic heterocycles. The summed E-state index contributed by atoms with van der Waals surface area (Å²) in [4.78, 5) is 27.8. The third-order valence-electron chi connectivity index (χ3n) is 9.16. The van der Waals surface area contributed by atoms with E-state index in [2.05, 4.69) is 56.4 Å². The number of thiazole rings is 1. The Bertz CT molecular complexity index is 1630. The van der Waals surface area contributed by atoms with E-state index in [-0.39, 0.29) is 28.7 Å². The maximum Gasteiger partial charge on any atom is 0.308 e. The molecule has 2 heterocycles. The van der Waals surface area contributed by atoms with Crippen molar-refractivity contribution in [2.24, 2.45) is 17.8 Å². The van der Waals surface area contributed by atoms with Crippen molar-refractivity contribution in [2.75, 3.05) is 5.32 Å². The topological polar surface area (TPSA) is 51.1 Å². The average molecular weight is 555 g/mol. The molecule has 1 amide bonds. The minimum Gasteiger partial charge on any atom is -0.325 e. The molecule has 39 heavy (non-hydrogen) atoms. The normalized spacial score (nSPS) is 25.5. The van der Waals surface area contributed by atoms with Crippen LogP contribution < -0.4 is 10.2 Å². The number of carbonyl (C=O) groups excluding carboxylic acids is 1. The van der Waals surface area contributed by atoms with Crippen molar-refractivity contribution in [1.29, 1.82) is 0 Å². The molecule has 4 nitrogen and oxygen atoms in total. The lowest BCUT2D eigenvalue weighted by atomic mass is 9.74. The number of amides is 1. The highest BCUT2D eigenvalue weighted by atomic mass is 32.2. The first-order chi connectivity index (χ1) is 18.8. The van der Waals surface area contributed by atoms with Gasteiger partial charge in [-0.3, -0.25) is 14.2 Å². The molecular formula is C33H34N2O2S2. The van der Waals surface area contributed by atoms with Crippen molar-refractivity contribution >= 4 is 45.5 Å². The second-order valence-corrected chi connectivity index (χ2v) is 14.7. The molecule has 2 fully saturated rings. The fraction of sp³-hybridized carbons (Fsp3) is 0.394. The van der Waals surface area contributed by atoms with E-state index in [1.807, 2.05) is 48.2 Å². The fourth-order valence-electron chi connectivity index (χ4n) is 7.26. The smallest absolute Gasteiger partial charge is 0.308 e. The first-order valence-corrected chi connectivity index (χ1v) is 15.7. The molecule has 0 radical (unpaired) electrons. The molecule has 2 aliphatic carbocycles. The van der Waals surface area contributed by atoms with Crippen molar-refractivity contribution in [1.82, 2.24) is 4.57 Å². The van der Waals surface area contributed by atoms with Crippen molar-refractivity contribution < 1.29 is 4.79 Å². The summed E-state index contributed by atoms with van der Waals surface area (Å²) in [6.07, 6.45) is 3.91. The number of rotatable bonds is 4. The van der Waals surface area contributed by atoms with Crippen LogP contribution in [-0.2, 0) is 16.8 Å². The zero-order valence-corrected chi connectivity index (χ0v) is 24.3. The largest absolute Gasteiger partial charge is 0.325 e. The van der Waals surface area contributed by atoms with Gasteiger partial charge in [0.25, 0.3) is 0 Å². The van der Waals surface area contributed by atoms with Gasteiger partial charge in [0.15, 0.2) is 0 Å². The van der Waals surface area contributed by atoms with Crippen LogP contribution in [0, 0.1) is 17.8 Å². The molecule has 2 saturated carbocycles. The average Bonchev–Trinajstić information content (AvgIpc) is 3.61. The van der Waals surface area contributed by atoms with Gasteiger partial charge >= 0.3 is 4.87 Å². The third kappa shape index (κ3) is 4.36. The van der Waals surface area contributed by atoms with E-state index in [0.717, 1.165) is 27.4 Å². The second kappa shape index (κ2) is 9.38. The summed E-state index contributed by atoms with van der Waals surface area (Å²) < 4.78 is 1.75. The predicted molar refractivity (Wildman–Crippen MR) is 162 cm³/mol. The molecule has 3 aliphatic rings. The highest BCUT2D eigenvalue weighted by Gasteiger charge is 2.55. The van der Waals surface area contributed by atoms with Gasteiger partial charge in [-0.2, -0.15) is 0 Å². The monoisotopic (exact) mass is 554 g/mol. The molecule has 0 unspecified atom stereocenters. The first-order valence-electron chi connectivity index (χ1n) is 14.1. The van der Waals surface area contributed by atoms with E-state index in [4.69, 9.17) is 0 Å². The molecule has 7 rings (SSSR count). The van der Waals surface area contributed by atoms with E-state index in [1.165, 1.54) is 46.6 Å². The minimum absolute atomic E-state index is 0.0233. The predicted octanol–water partition coefficient (Wildman–Crippen LogP) is 7.65. The lowest BCUT2D eigenvalue weighted by Crippen LogP contribution is -2.35. The van der Waals surface area contributed by atoms with Crippen molar-refractivity contribution in [3.63, 3.8) is 0 Å². The molecule has 4 aromatic rings. The van der Waals surface area contributed by atoms with E-state index in [1.54, 1.807) is 4.57 Å². The third-order valence-corrected chi connectivity index (χ3v) is 12.0. The zero-order valence-electron chi connectivity index (χ0n) is 22.6. The number of fused-ring (bicyclic) bond motifs is 7. The van der Waals surface area contributed by atoms with Gasteiger partial charge in [-0.05, 0) is 76.5 Å². The molecule has 6 heteroatoms. The number of thioether (sulfide) groups is 1. The lowest BCUT2D eigenvalue weighted by molar-refractivity contribution is -0.116. The van der Waals surface area contributed by atoms with Crippen LogP contribution in [0.3, 0.4) is 0 Å². The number of benzene rings is 3. The van der Waals surface area contributed by atoms with Gasteiger partial charge in [0, 0.05) is 21.7 Å². The number of carbonyl (C=O) groups is 1. The van der Waals surface area contributed by atoms with Crippen LogP contribution >= 0.6 is 23.1 Å². The number of aromatic nitrogens is 1. The summed E-state index contributed by atoms with van der Waals surface area (Å²) in [5.41, 5.74) is 3.51. The Balaban J connectivity index is 1.22. The number of hydrogen-bond acceptors (Lipinski definition) is 4. The van der Waals surface area contributed by atoms with Crippen LogP contribution in [0.5, 0.6) is 0 Å². The summed E-state index contributed by atoms with van der Waals surface area (Å²) in [5.74, 6) is 2.09. The quantitative estimate of drug-likeness (QED) is 0.282. The SMILES string of the molecule is CC(C)(C)c1ccc([C@@H]2c3sc(=O)n(CC(=O)Nc4ccc5ccccc5c4)c3S[C@@H]3[C@H]4CC[C@@H](C4)[C@@H]23)cc1. The van der Waals surface area contributed by atoms with Crippen LogP contribution in [0.4, 0.5) is 5.69 Å². The van der Waals surface area contributed by atoms with Crippen molar-refractivity contribution in [2.45, 2.75) is 68.2 Å². The van der Waals surface area contributed by atoms with Crippen LogP contribution in [0.25, 0.3) is 10.8 Å². The molecule has 2 bridgehead atoms. The van der Waals surface area contributed by atoms with Crippen molar-refractivity contribution in [3.05, 3.63) is 92.4 Å². The van der Waals surface area contributed by atoms with Gasteiger partial charge < -0.3 is 5.32 Å². The maximum absolute atomic E-state index is 13.4. The number of nitrogens with one attached hydrogen (secondary N) is 1. The summed E-state index contributed by atoms with van der Waals surface area (Å²) in [5, 5.41) is 6.80. The maximum atomic E-state index is 13.4. The van der Waals surface area contributed by atoms with Gasteiger partial charge in [-0.25, -0.2) is 0 Å². The summed E-state index contributed by atoms with van der Waals surface area (Å²) in [6, 6.07) is 23.2. The number of hydrogen-bond donors (Lipinski definition) is 1. The Morgan fingerprint density at radius 1 is 0.974 bits per heavy atom. The second-order valence-electron chi connectivity index (χ2n) is 12.6. The molecule has 0 saturated heterocycles.